The van der Waals surface area contributed by atoms with Gasteiger partial charge < -0.3 is 9.80 Å². The number of hydrogen-bond acceptors (Lipinski definition) is 4. The number of carbonyl (C=O) groups is 2. The highest BCUT2D eigenvalue weighted by Gasteiger charge is 2.22. The van der Waals surface area contributed by atoms with Crippen molar-refractivity contribution in [3.63, 3.8) is 0 Å². The number of benzene rings is 1. The molecule has 120 valence electrons. The Morgan fingerprint density at radius 3 is 2.32 bits per heavy atom. The van der Waals surface area contributed by atoms with Crippen molar-refractivity contribution in [1.29, 1.82) is 0 Å². The first-order valence-electron chi connectivity index (χ1n) is 6.65. The van der Waals surface area contributed by atoms with Crippen molar-refractivity contribution in [2.75, 3.05) is 32.7 Å². The molecular formula is C13H16BrN3O4S. The first-order chi connectivity index (χ1) is 10.4. The maximum atomic E-state index is 12.1. The lowest BCUT2D eigenvalue weighted by atomic mass is 10.3. The summed E-state index contributed by atoms with van der Waals surface area (Å²) in [5.41, 5.74) is 0. The maximum absolute atomic E-state index is 12.1. The van der Waals surface area contributed by atoms with Gasteiger partial charge >= 0.3 is 0 Å². The Morgan fingerprint density at radius 2 is 1.77 bits per heavy atom. The molecule has 0 bridgehead atoms. The van der Waals surface area contributed by atoms with Crippen LogP contribution in [0.4, 0.5) is 0 Å². The largest absolute Gasteiger partial charge is 0.342 e. The minimum absolute atomic E-state index is 0.106. The number of piperazine rings is 1. The van der Waals surface area contributed by atoms with E-state index < -0.39 is 10.0 Å². The summed E-state index contributed by atoms with van der Waals surface area (Å²) in [5, 5.41) is 0. The van der Waals surface area contributed by atoms with Crippen LogP contribution in [0.1, 0.15) is 0 Å². The number of halogens is 1. The van der Waals surface area contributed by atoms with Crippen LogP contribution >= 0.6 is 15.9 Å². The number of carbonyl (C=O) groups excluding carboxylic acids is 2. The summed E-state index contributed by atoms with van der Waals surface area (Å²) < 4.78 is 27.2. The van der Waals surface area contributed by atoms with Crippen molar-refractivity contribution in [2.24, 2.45) is 0 Å². The summed E-state index contributed by atoms with van der Waals surface area (Å²) in [5.74, 6) is -0.300. The molecule has 0 atom stereocenters. The highest BCUT2D eigenvalue weighted by Crippen LogP contribution is 2.14. The summed E-state index contributed by atoms with van der Waals surface area (Å²) in [4.78, 5) is 25.8. The lowest BCUT2D eigenvalue weighted by Gasteiger charge is -2.32. The quantitative estimate of drug-likeness (QED) is 0.719. The fourth-order valence-corrected chi connectivity index (χ4v) is 3.28. The smallest absolute Gasteiger partial charge is 0.241 e. The van der Waals surface area contributed by atoms with E-state index in [1.54, 1.807) is 21.9 Å². The van der Waals surface area contributed by atoms with E-state index >= 15 is 0 Å². The van der Waals surface area contributed by atoms with Crippen LogP contribution in [-0.4, -0.2) is 63.3 Å². The fraction of sp³-hybridized carbons (Fsp3) is 0.385. The maximum Gasteiger partial charge on any atom is 0.241 e. The zero-order valence-electron chi connectivity index (χ0n) is 11.7. The Balaban J connectivity index is 1.90. The topological polar surface area (TPSA) is 86.8 Å². The van der Waals surface area contributed by atoms with E-state index in [0.29, 0.717) is 26.2 Å². The van der Waals surface area contributed by atoms with E-state index in [1.165, 1.54) is 12.1 Å². The Morgan fingerprint density at radius 1 is 1.18 bits per heavy atom. The Hall–Kier alpha value is -1.45. The van der Waals surface area contributed by atoms with Crippen LogP contribution in [0, 0.1) is 0 Å². The second-order valence-corrected chi connectivity index (χ2v) is 7.48. The van der Waals surface area contributed by atoms with Crippen LogP contribution in [0.2, 0.25) is 0 Å². The van der Waals surface area contributed by atoms with Gasteiger partial charge in [-0.25, -0.2) is 13.1 Å². The summed E-state index contributed by atoms with van der Waals surface area (Å²) in [6, 6.07) is 6.16. The molecule has 0 radical (unpaired) electrons. The summed E-state index contributed by atoms with van der Waals surface area (Å²) >= 11 is 3.23. The van der Waals surface area contributed by atoms with Gasteiger partial charge in [0.25, 0.3) is 0 Å². The third-order valence-electron chi connectivity index (χ3n) is 3.35. The van der Waals surface area contributed by atoms with Crippen molar-refractivity contribution in [1.82, 2.24) is 14.5 Å². The van der Waals surface area contributed by atoms with Gasteiger partial charge in [0.05, 0.1) is 11.4 Å². The van der Waals surface area contributed by atoms with Crippen LogP contribution in [-0.2, 0) is 19.6 Å². The zero-order chi connectivity index (χ0) is 16.2. The van der Waals surface area contributed by atoms with Crippen LogP contribution in [0.3, 0.4) is 0 Å². The van der Waals surface area contributed by atoms with Gasteiger partial charge in [-0.1, -0.05) is 15.9 Å². The van der Waals surface area contributed by atoms with Gasteiger partial charge in [0, 0.05) is 30.7 Å². The van der Waals surface area contributed by atoms with Crippen molar-refractivity contribution >= 4 is 38.3 Å². The molecular weight excluding hydrogens is 374 g/mol. The fourth-order valence-electron chi connectivity index (χ4n) is 2.04. The average Bonchev–Trinajstić information content (AvgIpc) is 2.53. The first-order valence-corrected chi connectivity index (χ1v) is 8.92. The molecule has 1 aromatic rings. The normalized spacial score (nSPS) is 15.7. The Labute approximate surface area is 137 Å². The van der Waals surface area contributed by atoms with Gasteiger partial charge in [0.1, 0.15) is 0 Å². The van der Waals surface area contributed by atoms with E-state index in [2.05, 4.69) is 20.7 Å². The molecule has 7 nitrogen and oxygen atoms in total. The number of amides is 2. The molecule has 1 heterocycles. The third kappa shape index (κ3) is 4.28. The van der Waals surface area contributed by atoms with Crippen LogP contribution in [0.15, 0.2) is 33.6 Å². The van der Waals surface area contributed by atoms with E-state index in [4.69, 9.17) is 0 Å². The SMILES string of the molecule is O=CN1CCN(C(=O)CNS(=O)(=O)c2ccc(Br)cc2)CC1. The molecule has 1 aliphatic rings. The van der Waals surface area contributed by atoms with Crippen molar-refractivity contribution in [3.05, 3.63) is 28.7 Å². The molecule has 2 rings (SSSR count). The van der Waals surface area contributed by atoms with Gasteiger partial charge in [-0.3, -0.25) is 9.59 Å². The molecule has 0 saturated carbocycles. The Kier molecular flexibility index (Phi) is 5.54. The van der Waals surface area contributed by atoms with Gasteiger partial charge in [0.2, 0.25) is 22.3 Å². The molecule has 0 spiro atoms. The van der Waals surface area contributed by atoms with Gasteiger partial charge in [0.15, 0.2) is 0 Å². The summed E-state index contributed by atoms with van der Waals surface area (Å²) in [6.07, 6.45) is 0.748. The minimum atomic E-state index is -3.71. The molecule has 2 amide bonds. The standard InChI is InChI=1S/C13H16BrN3O4S/c14-11-1-3-12(4-2-11)22(20,21)15-9-13(19)17-7-5-16(10-18)6-8-17/h1-4,10,15H,5-9H2. The van der Waals surface area contributed by atoms with Crippen molar-refractivity contribution in [3.8, 4) is 0 Å². The lowest BCUT2D eigenvalue weighted by molar-refractivity contribution is -0.134. The van der Waals surface area contributed by atoms with Crippen molar-refractivity contribution in [2.45, 2.75) is 4.90 Å². The second kappa shape index (κ2) is 7.21. The summed E-state index contributed by atoms with van der Waals surface area (Å²) in [7, 11) is -3.71. The Bertz CT molecular complexity index is 640. The monoisotopic (exact) mass is 389 g/mol. The molecule has 1 fully saturated rings. The third-order valence-corrected chi connectivity index (χ3v) is 5.30. The predicted molar refractivity (Wildman–Crippen MR) is 83.5 cm³/mol. The number of nitrogens with one attached hydrogen (secondary N) is 1. The first kappa shape index (κ1) is 16.9. The highest BCUT2D eigenvalue weighted by atomic mass is 79.9. The molecule has 1 aromatic carbocycles. The van der Waals surface area contributed by atoms with E-state index in [1.807, 2.05) is 0 Å². The van der Waals surface area contributed by atoms with Gasteiger partial charge in [-0.05, 0) is 24.3 Å². The molecule has 1 N–H and O–H groups in total. The van der Waals surface area contributed by atoms with Crippen LogP contribution < -0.4 is 4.72 Å². The van der Waals surface area contributed by atoms with Crippen LogP contribution in [0.5, 0.6) is 0 Å². The van der Waals surface area contributed by atoms with Crippen LogP contribution in [0.25, 0.3) is 0 Å². The average molecular weight is 390 g/mol. The molecule has 1 aliphatic heterocycles. The molecule has 0 unspecified atom stereocenters. The molecule has 9 heteroatoms. The zero-order valence-corrected chi connectivity index (χ0v) is 14.1. The number of hydrogen-bond donors (Lipinski definition) is 1. The van der Waals surface area contributed by atoms with Crippen molar-refractivity contribution < 1.29 is 18.0 Å². The van der Waals surface area contributed by atoms with Gasteiger partial charge in [-0.15, -0.1) is 0 Å². The van der Waals surface area contributed by atoms with E-state index in [0.717, 1.165) is 10.9 Å². The van der Waals surface area contributed by atoms with Gasteiger partial charge in [-0.2, -0.15) is 0 Å². The second-order valence-electron chi connectivity index (χ2n) is 4.80. The van der Waals surface area contributed by atoms with E-state index in [9.17, 15) is 18.0 Å². The lowest BCUT2D eigenvalue weighted by Crippen LogP contribution is -2.50. The van der Waals surface area contributed by atoms with E-state index in [-0.39, 0.29) is 17.3 Å². The molecule has 0 aliphatic carbocycles. The number of sulfonamides is 1. The number of rotatable bonds is 5. The summed E-state index contributed by atoms with van der Waals surface area (Å²) in [6.45, 7) is 1.47. The molecule has 1 saturated heterocycles. The molecule has 22 heavy (non-hydrogen) atoms. The predicted octanol–water partition coefficient (Wildman–Crippen LogP) is 0.0280. The highest BCUT2D eigenvalue weighted by molar-refractivity contribution is 9.10. The molecule has 0 aromatic heterocycles. The minimum Gasteiger partial charge on any atom is -0.342 e. The number of nitrogens with zero attached hydrogens (tertiary/aromatic N) is 2.